The van der Waals surface area contributed by atoms with Crippen LogP contribution in [0.15, 0.2) is 11.6 Å². The van der Waals surface area contributed by atoms with E-state index in [1.807, 2.05) is 13.8 Å². The van der Waals surface area contributed by atoms with Gasteiger partial charge >= 0.3 is 0 Å². The average molecular weight is 465 g/mol. The SMILES string of the molecule is C/C(=C\COP(=O)([O-])OP(=O)([O-])[O-])CC[C@@H]1[C@@]2(C)CCCC(C)(C)[C@@H]2CC[C@@]1(C)O. The van der Waals surface area contributed by atoms with Gasteiger partial charge in [0.2, 0.25) is 0 Å². The maximum Gasteiger partial charge on any atom is 0.272 e. The lowest BCUT2D eigenvalue weighted by atomic mass is 9.45. The summed E-state index contributed by atoms with van der Waals surface area (Å²) in [6.45, 7) is 10.3. The van der Waals surface area contributed by atoms with Crippen molar-refractivity contribution in [2.45, 2.75) is 85.2 Å². The molecule has 0 heterocycles. The fraction of sp³-hybridized carbons (Fsp3) is 0.900. The number of allylic oxidation sites excluding steroid dienone is 1. The van der Waals surface area contributed by atoms with Gasteiger partial charge in [0.15, 0.2) is 0 Å². The highest BCUT2D eigenvalue weighted by molar-refractivity contribution is 7.58. The number of rotatable bonds is 8. The van der Waals surface area contributed by atoms with Crippen molar-refractivity contribution in [1.82, 2.24) is 0 Å². The number of phosphoric ester groups is 1. The van der Waals surface area contributed by atoms with Gasteiger partial charge in [-0.25, -0.2) is 0 Å². The van der Waals surface area contributed by atoms with E-state index in [0.717, 1.165) is 37.7 Å². The molecule has 0 radical (unpaired) electrons. The minimum atomic E-state index is -5.68. The number of aliphatic hydroxyl groups is 1. The van der Waals surface area contributed by atoms with E-state index in [1.54, 1.807) is 0 Å². The molecule has 2 aliphatic rings. The molecule has 0 spiro atoms. The van der Waals surface area contributed by atoms with Crippen LogP contribution in [-0.4, -0.2) is 17.3 Å². The monoisotopic (exact) mass is 465 g/mol. The second kappa shape index (κ2) is 9.07. The van der Waals surface area contributed by atoms with Gasteiger partial charge in [0.25, 0.3) is 7.82 Å². The van der Waals surface area contributed by atoms with E-state index in [9.17, 15) is 28.9 Å². The molecule has 5 atom stereocenters. The zero-order valence-corrected chi connectivity index (χ0v) is 20.4. The normalized spacial score (nSPS) is 36.8. The van der Waals surface area contributed by atoms with Crippen LogP contribution in [0.2, 0.25) is 0 Å². The van der Waals surface area contributed by atoms with Crippen LogP contribution >= 0.6 is 15.6 Å². The minimum Gasteiger partial charge on any atom is -0.790 e. The van der Waals surface area contributed by atoms with Crippen molar-refractivity contribution in [1.29, 1.82) is 0 Å². The molecule has 2 rings (SSSR count). The summed E-state index contributed by atoms with van der Waals surface area (Å²) >= 11 is 0. The fourth-order valence-corrected chi connectivity index (χ4v) is 7.58. The summed E-state index contributed by atoms with van der Waals surface area (Å²) < 4.78 is 29.6. The molecular weight excluding hydrogens is 430 g/mol. The van der Waals surface area contributed by atoms with E-state index in [0.29, 0.717) is 12.3 Å². The van der Waals surface area contributed by atoms with E-state index < -0.39 is 27.9 Å². The fourth-order valence-electron chi connectivity index (χ4n) is 6.16. The molecular formula is C20H35O8P2-3. The first-order chi connectivity index (χ1) is 13.5. The Morgan fingerprint density at radius 3 is 2.37 bits per heavy atom. The molecule has 0 amide bonds. The Kier molecular flexibility index (Phi) is 7.93. The first-order valence-electron chi connectivity index (χ1n) is 10.6. The Morgan fingerprint density at radius 1 is 1.13 bits per heavy atom. The second-order valence-electron chi connectivity index (χ2n) is 10.2. The number of hydrogen-bond donors (Lipinski definition) is 1. The third-order valence-corrected chi connectivity index (χ3v) is 9.52. The first-order valence-corrected chi connectivity index (χ1v) is 13.5. The third-order valence-electron chi connectivity index (χ3n) is 7.45. The van der Waals surface area contributed by atoms with Crippen LogP contribution in [0.5, 0.6) is 0 Å². The van der Waals surface area contributed by atoms with Gasteiger partial charge < -0.3 is 28.9 Å². The van der Waals surface area contributed by atoms with Crippen molar-refractivity contribution >= 4 is 15.6 Å². The molecule has 30 heavy (non-hydrogen) atoms. The largest absolute Gasteiger partial charge is 0.790 e. The molecule has 1 N–H and O–H groups in total. The molecule has 0 bridgehead atoms. The van der Waals surface area contributed by atoms with Crippen molar-refractivity contribution < 1.29 is 37.8 Å². The summed E-state index contributed by atoms with van der Waals surface area (Å²) in [6, 6.07) is 0. The molecule has 0 saturated heterocycles. The number of phosphoric acid groups is 2. The van der Waals surface area contributed by atoms with Gasteiger partial charge in [-0.3, -0.25) is 8.88 Å². The maximum absolute atomic E-state index is 11.3. The van der Waals surface area contributed by atoms with Crippen LogP contribution in [0, 0.1) is 22.7 Å². The Bertz CT molecular complexity index is 741. The predicted molar refractivity (Wildman–Crippen MR) is 108 cm³/mol. The third kappa shape index (κ3) is 6.49. The topological polar surface area (TPSA) is 142 Å². The Hall–Kier alpha value is -0.0400. The van der Waals surface area contributed by atoms with Crippen LogP contribution in [0.25, 0.3) is 0 Å². The minimum absolute atomic E-state index is 0.0439. The van der Waals surface area contributed by atoms with Crippen LogP contribution in [0.4, 0.5) is 0 Å². The van der Waals surface area contributed by atoms with Crippen LogP contribution in [-0.2, 0) is 18.0 Å². The van der Waals surface area contributed by atoms with E-state index in [1.165, 1.54) is 12.5 Å². The van der Waals surface area contributed by atoms with Crippen molar-refractivity contribution in [3.05, 3.63) is 11.6 Å². The van der Waals surface area contributed by atoms with E-state index >= 15 is 0 Å². The van der Waals surface area contributed by atoms with E-state index in [4.69, 9.17) is 0 Å². The van der Waals surface area contributed by atoms with E-state index in [-0.39, 0.29) is 16.7 Å². The highest BCUT2D eigenvalue weighted by Crippen LogP contribution is 2.63. The number of hydrogen-bond acceptors (Lipinski definition) is 8. The number of fused-ring (bicyclic) bond motifs is 1. The summed E-state index contributed by atoms with van der Waals surface area (Å²) in [5.41, 5.74) is 0.400. The molecule has 0 aromatic carbocycles. The molecule has 0 aliphatic heterocycles. The summed E-state index contributed by atoms with van der Waals surface area (Å²) in [5.74, 6) is 0.670. The predicted octanol–water partition coefficient (Wildman–Crippen LogP) is 3.04. The van der Waals surface area contributed by atoms with Gasteiger partial charge in [0.1, 0.15) is 0 Å². The van der Waals surface area contributed by atoms with Crippen molar-refractivity contribution in [2.24, 2.45) is 22.7 Å². The maximum atomic E-state index is 11.3. The van der Waals surface area contributed by atoms with Crippen LogP contribution < -0.4 is 14.7 Å². The zero-order valence-electron chi connectivity index (χ0n) is 18.6. The van der Waals surface area contributed by atoms with Gasteiger partial charge in [0.05, 0.1) is 20.0 Å². The molecule has 2 aliphatic carbocycles. The van der Waals surface area contributed by atoms with Gasteiger partial charge in [-0.1, -0.05) is 38.8 Å². The summed E-state index contributed by atoms with van der Waals surface area (Å²) in [7, 11) is -10.9. The van der Waals surface area contributed by atoms with Gasteiger partial charge in [-0.05, 0) is 75.0 Å². The Morgan fingerprint density at radius 2 is 1.77 bits per heavy atom. The molecule has 0 aromatic heterocycles. The summed E-state index contributed by atoms with van der Waals surface area (Å²) in [6.07, 6.45) is 8.18. The highest BCUT2D eigenvalue weighted by Gasteiger charge is 2.57. The zero-order chi connectivity index (χ0) is 23.0. The summed E-state index contributed by atoms with van der Waals surface area (Å²) in [4.78, 5) is 32.2. The molecule has 176 valence electrons. The average Bonchev–Trinajstić information content (AvgIpc) is 2.50. The molecule has 2 fully saturated rings. The van der Waals surface area contributed by atoms with Crippen molar-refractivity contribution in [3.63, 3.8) is 0 Å². The lowest BCUT2D eigenvalue weighted by Gasteiger charge is -2.61. The summed E-state index contributed by atoms with van der Waals surface area (Å²) in [5, 5.41) is 11.2. The molecule has 0 aromatic rings. The Labute approximate surface area is 179 Å². The van der Waals surface area contributed by atoms with Crippen LogP contribution in [0.3, 0.4) is 0 Å². The van der Waals surface area contributed by atoms with Gasteiger partial charge in [0, 0.05) is 0 Å². The van der Waals surface area contributed by atoms with Gasteiger partial charge in [-0.15, -0.1) is 0 Å². The quantitative estimate of drug-likeness (QED) is 0.426. The van der Waals surface area contributed by atoms with Gasteiger partial charge in [-0.2, -0.15) is 0 Å². The molecule has 8 nitrogen and oxygen atoms in total. The highest BCUT2D eigenvalue weighted by atomic mass is 31.3. The standard InChI is InChI=1S/C20H38O8P2/c1-15(10-14-27-30(25,26)28-29(22,23)24)7-8-17-19(4)12-6-11-18(2,3)16(19)9-13-20(17,5)21/h10,16-17,21H,6-9,11-14H2,1-5H3,(H,25,26)(H2,22,23,24)/p-3/b15-10+/t16-,17+,19-,20+/m0/s1. The van der Waals surface area contributed by atoms with Crippen LogP contribution in [0.1, 0.15) is 79.6 Å². The smallest absolute Gasteiger partial charge is 0.272 e. The molecule has 10 heteroatoms. The van der Waals surface area contributed by atoms with E-state index in [2.05, 4.69) is 29.6 Å². The van der Waals surface area contributed by atoms with Crippen molar-refractivity contribution in [2.75, 3.05) is 6.61 Å². The second-order valence-corrected chi connectivity index (χ2v) is 12.9. The molecule has 2 saturated carbocycles. The first kappa shape index (κ1) is 26.2. The molecule has 1 unspecified atom stereocenters. The lowest BCUT2D eigenvalue weighted by molar-refractivity contribution is -0.339. The van der Waals surface area contributed by atoms with Crippen molar-refractivity contribution in [3.8, 4) is 0 Å². The Balaban J connectivity index is 2.02. The lowest BCUT2D eigenvalue weighted by Crippen LogP contribution is -2.57.